The molecule has 3 rings (SSSR count). The van der Waals surface area contributed by atoms with E-state index in [0.29, 0.717) is 5.56 Å². The summed E-state index contributed by atoms with van der Waals surface area (Å²) in [4.78, 5) is 12.6. The van der Waals surface area contributed by atoms with Gasteiger partial charge in [0.25, 0.3) is 5.91 Å². The van der Waals surface area contributed by atoms with Gasteiger partial charge in [-0.1, -0.05) is 60.7 Å². The first-order valence-corrected chi connectivity index (χ1v) is 8.14. The van der Waals surface area contributed by atoms with Gasteiger partial charge in [-0.2, -0.15) is 0 Å². The lowest BCUT2D eigenvalue weighted by Crippen LogP contribution is -2.31. The highest BCUT2D eigenvalue weighted by Gasteiger charge is 2.17. The van der Waals surface area contributed by atoms with Crippen LogP contribution in [0.5, 0.6) is 0 Å². The van der Waals surface area contributed by atoms with Crippen molar-refractivity contribution in [3.8, 4) is 0 Å². The molecule has 4 heteroatoms. The van der Waals surface area contributed by atoms with Crippen LogP contribution in [-0.4, -0.2) is 17.6 Å². The van der Waals surface area contributed by atoms with Crippen LogP contribution >= 0.6 is 15.9 Å². The van der Waals surface area contributed by atoms with Gasteiger partial charge in [-0.3, -0.25) is 4.79 Å². The fourth-order valence-corrected chi connectivity index (χ4v) is 3.24. The second-order valence-corrected chi connectivity index (χ2v) is 6.06. The molecule has 0 aliphatic carbocycles. The Morgan fingerprint density at radius 3 is 2.43 bits per heavy atom. The molecule has 1 atom stereocenters. The summed E-state index contributed by atoms with van der Waals surface area (Å²) >= 11 is 3.53. The maximum atomic E-state index is 12.6. The Morgan fingerprint density at radius 2 is 1.70 bits per heavy atom. The van der Waals surface area contributed by atoms with E-state index in [1.54, 1.807) is 6.07 Å². The van der Waals surface area contributed by atoms with Gasteiger partial charge in [-0.05, 0) is 38.3 Å². The molecule has 0 heterocycles. The summed E-state index contributed by atoms with van der Waals surface area (Å²) in [5, 5.41) is 14.5. The predicted molar refractivity (Wildman–Crippen MR) is 95.4 cm³/mol. The monoisotopic (exact) mass is 369 g/mol. The lowest BCUT2D eigenvalue weighted by atomic mass is 10.0. The summed E-state index contributed by atoms with van der Waals surface area (Å²) in [6, 6.07) is 20.6. The minimum absolute atomic E-state index is 0.152. The number of carbonyl (C=O) groups is 1. The lowest BCUT2D eigenvalue weighted by Gasteiger charge is -2.17. The number of hydrogen-bond acceptors (Lipinski definition) is 2. The van der Waals surface area contributed by atoms with Crippen LogP contribution in [0.2, 0.25) is 0 Å². The summed E-state index contributed by atoms with van der Waals surface area (Å²) < 4.78 is 0.762. The van der Waals surface area contributed by atoms with E-state index in [9.17, 15) is 9.90 Å². The third-order valence-corrected chi connectivity index (χ3v) is 4.65. The van der Waals surface area contributed by atoms with Gasteiger partial charge in [0.05, 0.1) is 18.2 Å². The molecule has 0 bridgehead atoms. The maximum Gasteiger partial charge on any atom is 0.253 e. The fraction of sp³-hybridized carbons (Fsp3) is 0.105. The topological polar surface area (TPSA) is 49.3 Å². The summed E-state index contributed by atoms with van der Waals surface area (Å²) in [6.07, 6.45) is 0. The second kappa shape index (κ2) is 6.94. The number of benzene rings is 3. The molecule has 3 nitrogen and oxygen atoms in total. The molecule has 0 saturated carbocycles. The van der Waals surface area contributed by atoms with Gasteiger partial charge < -0.3 is 10.4 Å². The molecule has 0 saturated heterocycles. The quantitative estimate of drug-likeness (QED) is 0.728. The highest BCUT2D eigenvalue weighted by Crippen LogP contribution is 2.28. The van der Waals surface area contributed by atoms with Crippen molar-refractivity contribution < 1.29 is 9.90 Å². The van der Waals surface area contributed by atoms with Crippen molar-refractivity contribution in [1.29, 1.82) is 0 Å². The third-order valence-electron chi connectivity index (χ3n) is 3.80. The molecular weight excluding hydrogens is 354 g/mol. The first kappa shape index (κ1) is 15.7. The third kappa shape index (κ3) is 3.28. The first-order chi connectivity index (χ1) is 11.2. The summed E-state index contributed by atoms with van der Waals surface area (Å²) in [5.74, 6) is -0.217. The van der Waals surface area contributed by atoms with E-state index in [4.69, 9.17) is 0 Å². The van der Waals surface area contributed by atoms with E-state index in [-0.39, 0.29) is 12.5 Å². The van der Waals surface area contributed by atoms with Crippen molar-refractivity contribution in [3.63, 3.8) is 0 Å². The number of amides is 1. The zero-order valence-corrected chi connectivity index (χ0v) is 14.0. The summed E-state index contributed by atoms with van der Waals surface area (Å²) in [7, 11) is 0. The van der Waals surface area contributed by atoms with Crippen LogP contribution in [0.3, 0.4) is 0 Å². The molecule has 23 heavy (non-hydrogen) atoms. The van der Waals surface area contributed by atoms with Crippen molar-refractivity contribution in [2.75, 3.05) is 6.61 Å². The first-order valence-electron chi connectivity index (χ1n) is 7.34. The van der Waals surface area contributed by atoms with Gasteiger partial charge in [0.1, 0.15) is 0 Å². The number of fused-ring (bicyclic) bond motifs is 1. The Kier molecular flexibility index (Phi) is 4.74. The summed E-state index contributed by atoms with van der Waals surface area (Å²) in [6.45, 7) is -0.152. The Hall–Kier alpha value is -2.17. The fourth-order valence-electron chi connectivity index (χ4n) is 2.56. The molecule has 0 radical (unpaired) electrons. The van der Waals surface area contributed by atoms with Crippen molar-refractivity contribution in [3.05, 3.63) is 82.3 Å². The average Bonchev–Trinajstić information content (AvgIpc) is 2.60. The van der Waals surface area contributed by atoms with E-state index in [0.717, 1.165) is 20.8 Å². The number of hydrogen-bond donors (Lipinski definition) is 2. The summed E-state index contributed by atoms with van der Waals surface area (Å²) in [5.41, 5.74) is 1.43. The van der Waals surface area contributed by atoms with Gasteiger partial charge in [0.2, 0.25) is 0 Å². The van der Waals surface area contributed by atoms with Crippen molar-refractivity contribution in [1.82, 2.24) is 5.32 Å². The van der Waals surface area contributed by atoms with E-state index in [2.05, 4.69) is 21.2 Å². The van der Waals surface area contributed by atoms with Gasteiger partial charge in [0.15, 0.2) is 0 Å². The Balaban J connectivity index is 1.90. The SMILES string of the molecule is O=C(N[C@H](CO)c1ccccc1)c1ccc2ccccc2c1Br. The van der Waals surface area contributed by atoms with Gasteiger partial charge >= 0.3 is 0 Å². The lowest BCUT2D eigenvalue weighted by molar-refractivity contribution is 0.0915. The number of nitrogens with one attached hydrogen (secondary N) is 1. The zero-order valence-electron chi connectivity index (χ0n) is 12.4. The molecule has 0 fully saturated rings. The van der Waals surface area contributed by atoms with Crippen LogP contribution in [0.25, 0.3) is 10.8 Å². The van der Waals surface area contributed by atoms with Gasteiger partial charge in [-0.25, -0.2) is 0 Å². The van der Waals surface area contributed by atoms with Crippen LogP contribution < -0.4 is 5.32 Å². The smallest absolute Gasteiger partial charge is 0.253 e. The van der Waals surface area contributed by atoms with E-state index < -0.39 is 6.04 Å². The number of aliphatic hydroxyl groups excluding tert-OH is 1. The normalized spacial score (nSPS) is 12.1. The van der Waals surface area contributed by atoms with Crippen molar-refractivity contribution >= 4 is 32.6 Å². The molecule has 0 unspecified atom stereocenters. The Labute approximate surface area is 143 Å². The second-order valence-electron chi connectivity index (χ2n) is 5.27. The van der Waals surface area contributed by atoms with Crippen molar-refractivity contribution in [2.45, 2.75) is 6.04 Å². The van der Waals surface area contributed by atoms with Crippen molar-refractivity contribution in [2.24, 2.45) is 0 Å². The molecule has 0 aliphatic rings. The molecule has 3 aromatic rings. The molecule has 0 aliphatic heterocycles. The molecule has 1 amide bonds. The van der Waals surface area contributed by atoms with E-state index in [1.165, 1.54) is 0 Å². The highest BCUT2D eigenvalue weighted by molar-refractivity contribution is 9.10. The maximum absolute atomic E-state index is 12.6. The number of halogens is 1. The molecule has 0 aromatic heterocycles. The van der Waals surface area contributed by atoms with E-state index in [1.807, 2.05) is 60.7 Å². The average molecular weight is 370 g/mol. The Bertz CT molecular complexity index is 833. The molecule has 0 spiro atoms. The van der Waals surface area contributed by atoms with Crippen LogP contribution in [0.4, 0.5) is 0 Å². The standard InChI is InChI=1S/C19H16BrNO2/c20-18-15-9-5-4-6-13(15)10-11-16(18)19(23)21-17(12-22)14-7-2-1-3-8-14/h1-11,17,22H,12H2,(H,21,23)/t17-/m1/s1. The largest absolute Gasteiger partial charge is 0.394 e. The highest BCUT2D eigenvalue weighted by atomic mass is 79.9. The molecular formula is C19H16BrNO2. The number of rotatable bonds is 4. The Morgan fingerprint density at radius 1 is 1.00 bits per heavy atom. The van der Waals surface area contributed by atoms with Crippen LogP contribution in [0.1, 0.15) is 22.0 Å². The predicted octanol–water partition coefficient (Wildman–Crippen LogP) is 4.07. The minimum Gasteiger partial charge on any atom is -0.394 e. The van der Waals surface area contributed by atoms with Crippen LogP contribution in [-0.2, 0) is 0 Å². The number of carbonyl (C=O) groups excluding carboxylic acids is 1. The van der Waals surface area contributed by atoms with Gasteiger partial charge in [-0.15, -0.1) is 0 Å². The van der Waals surface area contributed by atoms with E-state index >= 15 is 0 Å². The molecule has 116 valence electrons. The zero-order chi connectivity index (χ0) is 16.2. The minimum atomic E-state index is -0.429. The van der Waals surface area contributed by atoms with Gasteiger partial charge in [0, 0.05) is 4.47 Å². The molecule has 2 N–H and O–H groups in total. The van der Waals surface area contributed by atoms with Crippen LogP contribution in [0.15, 0.2) is 71.2 Å². The van der Waals surface area contributed by atoms with Crippen LogP contribution in [0, 0.1) is 0 Å². The number of aliphatic hydroxyl groups is 1. The molecule has 3 aromatic carbocycles.